The number of esters is 1. The molecule has 0 aliphatic heterocycles. The maximum atomic E-state index is 12.7. The third-order valence-electron chi connectivity index (χ3n) is 4.79. The Labute approximate surface area is 194 Å². The maximum Gasteiger partial charge on any atom is 0.338 e. The second kappa shape index (κ2) is 11.7. The summed E-state index contributed by atoms with van der Waals surface area (Å²) in [5, 5.41) is 0. The highest BCUT2D eigenvalue weighted by Crippen LogP contribution is 2.39. The number of hydrogen-bond acceptors (Lipinski definition) is 6. The Bertz CT molecular complexity index is 1050. The fourth-order valence-corrected chi connectivity index (χ4v) is 3.28. The molecule has 3 rings (SSSR count). The second-order valence-corrected chi connectivity index (χ2v) is 7.04. The predicted molar refractivity (Wildman–Crippen MR) is 126 cm³/mol. The Morgan fingerprint density at radius 1 is 0.667 bits per heavy atom. The highest BCUT2D eigenvalue weighted by atomic mass is 16.5. The molecule has 6 nitrogen and oxygen atoms in total. The van der Waals surface area contributed by atoms with Gasteiger partial charge in [0.1, 0.15) is 0 Å². The van der Waals surface area contributed by atoms with Crippen LogP contribution in [0.1, 0.15) is 41.5 Å². The van der Waals surface area contributed by atoms with Crippen molar-refractivity contribution in [3.8, 4) is 28.4 Å². The molecule has 0 heterocycles. The summed E-state index contributed by atoms with van der Waals surface area (Å²) >= 11 is 0. The normalized spacial score (nSPS) is 10.4. The first kappa shape index (κ1) is 23.9. The Morgan fingerprint density at radius 3 is 1.76 bits per heavy atom. The van der Waals surface area contributed by atoms with E-state index in [1.807, 2.05) is 63.2 Å². The smallest absolute Gasteiger partial charge is 0.338 e. The standard InChI is InChI=1S/C27H28O6/c1-4-30-24-16-22(17-25(31-5-2)26(24)32-6-3)27(29)33-18-23(28)21-14-12-20(13-15-21)19-10-8-7-9-11-19/h7-17H,4-6,18H2,1-3H3. The van der Waals surface area contributed by atoms with Gasteiger partial charge in [0.25, 0.3) is 0 Å². The van der Waals surface area contributed by atoms with Crippen LogP contribution in [0.5, 0.6) is 17.2 Å². The molecule has 172 valence electrons. The van der Waals surface area contributed by atoms with Crippen molar-refractivity contribution in [2.75, 3.05) is 26.4 Å². The number of ether oxygens (including phenoxy) is 4. The lowest BCUT2D eigenvalue weighted by molar-refractivity contribution is 0.0474. The average Bonchev–Trinajstić information content (AvgIpc) is 2.85. The van der Waals surface area contributed by atoms with E-state index in [1.165, 1.54) is 0 Å². The number of benzene rings is 3. The molecule has 0 N–H and O–H groups in total. The Kier molecular flexibility index (Phi) is 8.47. The first-order valence-electron chi connectivity index (χ1n) is 11.0. The van der Waals surface area contributed by atoms with Crippen LogP contribution in [0.4, 0.5) is 0 Å². The monoisotopic (exact) mass is 448 g/mol. The summed E-state index contributed by atoms with van der Waals surface area (Å²) in [7, 11) is 0. The minimum absolute atomic E-state index is 0.220. The fourth-order valence-electron chi connectivity index (χ4n) is 3.28. The van der Waals surface area contributed by atoms with Gasteiger partial charge in [0, 0.05) is 5.56 Å². The number of rotatable bonds is 11. The topological polar surface area (TPSA) is 71.1 Å². The van der Waals surface area contributed by atoms with Crippen LogP contribution in [0, 0.1) is 0 Å². The van der Waals surface area contributed by atoms with E-state index in [0.717, 1.165) is 11.1 Å². The molecule has 3 aromatic carbocycles. The molecule has 0 bridgehead atoms. The van der Waals surface area contributed by atoms with Crippen molar-refractivity contribution in [3.63, 3.8) is 0 Å². The molecule has 0 spiro atoms. The van der Waals surface area contributed by atoms with Crippen LogP contribution in [0.15, 0.2) is 66.7 Å². The van der Waals surface area contributed by atoms with Gasteiger partial charge in [-0.1, -0.05) is 54.6 Å². The highest BCUT2D eigenvalue weighted by Gasteiger charge is 2.20. The second-order valence-electron chi connectivity index (χ2n) is 7.04. The van der Waals surface area contributed by atoms with E-state index in [2.05, 4.69) is 0 Å². The first-order chi connectivity index (χ1) is 16.1. The van der Waals surface area contributed by atoms with E-state index in [1.54, 1.807) is 24.3 Å². The van der Waals surface area contributed by atoms with Gasteiger partial charge in [0.05, 0.1) is 25.4 Å². The summed E-state index contributed by atoms with van der Waals surface area (Å²) < 4.78 is 22.2. The molecular formula is C27H28O6. The van der Waals surface area contributed by atoms with Gasteiger partial charge in [-0.3, -0.25) is 4.79 Å². The third kappa shape index (κ3) is 6.13. The summed E-state index contributed by atoms with van der Waals surface area (Å²) in [5.74, 6) is 0.283. The minimum Gasteiger partial charge on any atom is -0.490 e. The predicted octanol–water partition coefficient (Wildman–Crippen LogP) is 5.59. The summed E-state index contributed by atoms with van der Waals surface area (Å²) in [4.78, 5) is 25.2. The number of hydrogen-bond donors (Lipinski definition) is 0. The molecule has 3 aromatic rings. The van der Waals surface area contributed by atoms with Gasteiger partial charge < -0.3 is 18.9 Å². The molecule has 0 fully saturated rings. The molecule has 0 unspecified atom stereocenters. The lowest BCUT2D eigenvalue weighted by atomic mass is 10.0. The zero-order valence-electron chi connectivity index (χ0n) is 19.1. The Hall–Kier alpha value is -3.80. The van der Waals surface area contributed by atoms with Crippen molar-refractivity contribution in [2.45, 2.75) is 20.8 Å². The number of ketones is 1. The third-order valence-corrected chi connectivity index (χ3v) is 4.79. The molecule has 0 saturated heterocycles. The Balaban J connectivity index is 1.71. The summed E-state index contributed by atoms with van der Waals surface area (Å²) in [5.41, 5.74) is 2.76. The van der Waals surface area contributed by atoms with Crippen LogP contribution in [-0.4, -0.2) is 38.2 Å². The van der Waals surface area contributed by atoms with Crippen molar-refractivity contribution in [3.05, 3.63) is 77.9 Å². The highest BCUT2D eigenvalue weighted by molar-refractivity contribution is 6.00. The molecule has 0 amide bonds. The zero-order chi connectivity index (χ0) is 23.6. The van der Waals surface area contributed by atoms with Crippen molar-refractivity contribution < 1.29 is 28.5 Å². The van der Waals surface area contributed by atoms with Crippen LogP contribution < -0.4 is 14.2 Å². The average molecular weight is 449 g/mol. The lowest BCUT2D eigenvalue weighted by Crippen LogP contribution is -2.15. The van der Waals surface area contributed by atoms with Crippen molar-refractivity contribution in [1.82, 2.24) is 0 Å². The zero-order valence-corrected chi connectivity index (χ0v) is 19.1. The summed E-state index contributed by atoms with van der Waals surface area (Å²) in [6.45, 7) is 6.35. The van der Waals surface area contributed by atoms with E-state index in [4.69, 9.17) is 18.9 Å². The van der Waals surface area contributed by atoms with E-state index in [-0.39, 0.29) is 18.0 Å². The van der Waals surface area contributed by atoms with Crippen molar-refractivity contribution >= 4 is 11.8 Å². The lowest BCUT2D eigenvalue weighted by Gasteiger charge is -2.16. The molecule has 0 radical (unpaired) electrons. The number of carbonyl (C=O) groups excluding carboxylic acids is 2. The molecule has 6 heteroatoms. The van der Waals surface area contributed by atoms with Gasteiger partial charge in [-0.15, -0.1) is 0 Å². The van der Waals surface area contributed by atoms with Crippen molar-refractivity contribution in [2.24, 2.45) is 0 Å². The first-order valence-corrected chi connectivity index (χ1v) is 11.0. The molecular weight excluding hydrogens is 420 g/mol. The molecule has 33 heavy (non-hydrogen) atoms. The van der Waals surface area contributed by atoms with Crippen LogP contribution in [0.3, 0.4) is 0 Å². The van der Waals surface area contributed by atoms with Crippen LogP contribution in [0.25, 0.3) is 11.1 Å². The van der Waals surface area contributed by atoms with Crippen LogP contribution in [-0.2, 0) is 4.74 Å². The maximum absolute atomic E-state index is 12.7. The van der Waals surface area contributed by atoms with E-state index >= 15 is 0 Å². The quantitative estimate of drug-likeness (QED) is 0.281. The van der Waals surface area contributed by atoms with Crippen LogP contribution in [0.2, 0.25) is 0 Å². The van der Waals surface area contributed by atoms with Gasteiger partial charge >= 0.3 is 5.97 Å². The van der Waals surface area contributed by atoms with Gasteiger partial charge in [-0.05, 0) is 44.0 Å². The molecule has 0 aliphatic carbocycles. The van der Waals surface area contributed by atoms with Crippen LogP contribution >= 0.6 is 0 Å². The van der Waals surface area contributed by atoms with Gasteiger partial charge in [0.15, 0.2) is 23.9 Å². The van der Waals surface area contributed by atoms with E-state index < -0.39 is 5.97 Å². The fraction of sp³-hybridized carbons (Fsp3) is 0.259. The van der Waals surface area contributed by atoms with Crippen molar-refractivity contribution in [1.29, 1.82) is 0 Å². The summed E-state index contributed by atoms with van der Waals surface area (Å²) in [6, 6.07) is 20.2. The SMILES string of the molecule is CCOc1cc(C(=O)OCC(=O)c2ccc(-c3ccccc3)cc2)cc(OCC)c1OCC. The number of carbonyl (C=O) groups is 2. The molecule has 0 atom stereocenters. The van der Waals surface area contributed by atoms with Gasteiger partial charge in [-0.25, -0.2) is 4.79 Å². The summed E-state index contributed by atoms with van der Waals surface area (Å²) in [6.07, 6.45) is 0. The largest absolute Gasteiger partial charge is 0.490 e. The van der Waals surface area contributed by atoms with E-state index in [0.29, 0.717) is 42.6 Å². The Morgan fingerprint density at radius 2 is 1.21 bits per heavy atom. The van der Waals surface area contributed by atoms with Gasteiger partial charge in [-0.2, -0.15) is 0 Å². The van der Waals surface area contributed by atoms with Gasteiger partial charge in [0.2, 0.25) is 5.75 Å². The molecule has 0 aliphatic rings. The van der Waals surface area contributed by atoms with E-state index in [9.17, 15) is 9.59 Å². The number of Topliss-reactive ketones (excluding diaryl/α,β-unsaturated/α-hetero) is 1. The molecule has 0 aromatic heterocycles. The molecule has 0 saturated carbocycles. The minimum atomic E-state index is -0.644.